The molecule has 1 heterocycles. The minimum absolute atomic E-state index is 0.0380. The number of amides is 1. The number of hydrogen-bond donors (Lipinski definition) is 1. The van der Waals surface area contributed by atoms with Gasteiger partial charge in [-0.2, -0.15) is 5.26 Å². The lowest BCUT2D eigenvalue weighted by molar-refractivity contribution is -0.121. The summed E-state index contributed by atoms with van der Waals surface area (Å²) in [5.41, 5.74) is -0.138. The lowest BCUT2D eigenvalue weighted by Gasteiger charge is -2.32. The van der Waals surface area contributed by atoms with Crippen LogP contribution in [0, 0.1) is 11.3 Å². The molecular weight excluding hydrogens is 372 g/mol. The number of nitriles is 1. The SMILES string of the molecule is CC(Sc1nc2ccccc2c(=O)n1C1CC1)C(=O)NC1(C#N)CCCCC1. The molecule has 0 spiro atoms. The van der Waals surface area contributed by atoms with Gasteiger partial charge in [0.05, 0.1) is 22.2 Å². The molecule has 1 atom stereocenters. The van der Waals surface area contributed by atoms with Crippen molar-refractivity contribution in [3.05, 3.63) is 34.6 Å². The number of rotatable bonds is 5. The first kappa shape index (κ1) is 19.0. The molecule has 0 saturated heterocycles. The van der Waals surface area contributed by atoms with Crippen LogP contribution < -0.4 is 10.9 Å². The van der Waals surface area contributed by atoms with Crippen molar-refractivity contribution >= 4 is 28.6 Å². The highest BCUT2D eigenvalue weighted by Crippen LogP contribution is 2.38. The number of benzene rings is 1. The second-order valence-corrected chi connectivity index (χ2v) is 9.13. The molecule has 2 aliphatic rings. The fraction of sp³-hybridized carbons (Fsp3) is 0.524. The minimum Gasteiger partial charge on any atom is -0.337 e. The quantitative estimate of drug-likeness (QED) is 0.617. The Morgan fingerprint density at radius 2 is 2.04 bits per heavy atom. The summed E-state index contributed by atoms with van der Waals surface area (Å²) in [5.74, 6) is -0.168. The van der Waals surface area contributed by atoms with E-state index in [2.05, 4.69) is 16.4 Å². The van der Waals surface area contributed by atoms with Crippen molar-refractivity contribution in [2.75, 3.05) is 0 Å². The van der Waals surface area contributed by atoms with Crippen molar-refractivity contribution < 1.29 is 4.79 Å². The molecule has 7 heteroatoms. The van der Waals surface area contributed by atoms with E-state index in [0.29, 0.717) is 28.9 Å². The molecule has 0 bridgehead atoms. The third kappa shape index (κ3) is 3.66. The van der Waals surface area contributed by atoms with Crippen molar-refractivity contribution in [3.8, 4) is 6.07 Å². The molecule has 2 aromatic rings. The van der Waals surface area contributed by atoms with E-state index in [0.717, 1.165) is 32.1 Å². The van der Waals surface area contributed by atoms with Crippen LogP contribution in [0.5, 0.6) is 0 Å². The summed E-state index contributed by atoms with van der Waals surface area (Å²) in [7, 11) is 0. The van der Waals surface area contributed by atoms with Crippen molar-refractivity contribution in [1.29, 1.82) is 5.26 Å². The zero-order valence-electron chi connectivity index (χ0n) is 16.0. The van der Waals surface area contributed by atoms with Crippen molar-refractivity contribution in [3.63, 3.8) is 0 Å². The predicted octanol–water partition coefficient (Wildman–Crippen LogP) is 3.55. The zero-order valence-corrected chi connectivity index (χ0v) is 16.8. The number of fused-ring (bicyclic) bond motifs is 1. The summed E-state index contributed by atoms with van der Waals surface area (Å²) in [6.45, 7) is 1.81. The van der Waals surface area contributed by atoms with Crippen LogP contribution in [0.4, 0.5) is 0 Å². The number of para-hydroxylation sites is 1. The van der Waals surface area contributed by atoms with Crippen LogP contribution in [-0.2, 0) is 4.79 Å². The average Bonchev–Trinajstić information content (AvgIpc) is 3.54. The molecule has 0 aliphatic heterocycles. The molecular formula is C21H24N4O2S. The van der Waals surface area contributed by atoms with E-state index >= 15 is 0 Å². The summed E-state index contributed by atoms with van der Waals surface area (Å²) in [6.07, 6.45) is 6.36. The standard InChI is InChI=1S/C21H24N4O2S/c1-14(18(26)24-21(13-22)11-5-2-6-12-21)28-20-23-17-8-4-3-7-16(17)19(27)25(20)15-9-10-15/h3-4,7-8,14-15H,2,5-6,9-12H2,1H3,(H,24,26). The van der Waals surface area contributed by atoms with Crippen LogP contribution in [-0.4, -0.2) is 26.2 Å². The first-order chi connectivity index (χ1) is 13.5. The number of carbonyl (C=O) groups excluding carboxylic acids is 1. The van der Waals surface area contributed by atoms with Gasteiger partial charge >= 0.3 is 0 Å². The Morgan fingerprint density at radius 1 is 1.32 bits per heavy atom. The summed E-state index contributed by atoms with van der Waals surface area (Å²) in [4.78, 5) is 30.5. The molecule has 146 valence electrons. The number of aromatic nitrogens is 2. The topological polar surface area (TPSA) is 87.8 Å². The molecule has 0 radical (unpaired) electrons. The van der Waals surface area contributed by atoms with Crippen LogP contribution in [0.15, 0.2) is 34.2 Å². The number of nitrogens with zero attached hydrogens (tertiary/aromatic N) is 3. The largest absolute Gasteiger partial charge is 0.337 e. The van der Waals surface area contributed by atoms with Gasteiger partial charge in [0.15, 0.2) is 5.16 Å². The number of carbonyl (C=O) groups is 1. The Balaban J connectivity index is 1.59. The monoisotopic (exact) mass is 396 g/mol. The number of nitrogens with one attached hydrogen (secondary N) is 1. The van der Waals surface area contributed by atoms with Crippen LogP contribution in [0.2, 0.25) is 0 Å². The number of hydrogen-bond acceptors (Lipinski definition) is 5. The lowest BCUT2D eigenvalue weighted by atomic mass is 9.83. The first-order valence-electron chi connectivity index (χ1n) is 9.94. The van der Waals surface area contributed by atoms with E-state index in [9.17, 15) is 14.9 Å². The van der Waals surface area contributed by atoms with Gasteiger partial charge in [-0.1, -0.05) is 43.2 Å². The normalized spacial score (nSPS) is 19.7. The Morgan fingerprint density at radius 3 is 2.71 bits per heavy atom. The predicted molar refractivity (Wildman–Crippen MR) is 109 cm³/mol. The van der Waals surface area contributed by atoms with Gasteiger partial charge in [0.2, 0.25) is 5.91 Å². The first-order valence-corrected chi connectivity index (χ1v) is 10.8. The smallest absolute Gasteiger partial charge is 0.262 e. The fourth-order valence-corrected chi connectivity index (χ4v) is 4.81. The van der Waals surface area contributed by atoms with Gasteiger partial charge < -0.3 is 5.32 Å². The van der Waals surface area contributed by atoms with Gasteiger partial charge in [0, 0.05) is 6.04 Å². The molecule has 4 rings (SSSR count). The third-order valence-electron chi connectivity index (χ3n) is 5.62. The Hall–Kier alpha value is -2.33. The average molecular weight is 397 g/mol. The van der Waals surface area contributed by atoms with Gasteiger partial charge in [-0.05, 0) is 44.7 Å². The highest BCUT2D eigenvalue weighted by molar-refractivity contribution is 8.00. The fourth-order valence-electron chi connectivity index (χ4n) is 3.83. The third-order valence-corrected chi connectivity index (χ3v) is 6.69. The molecule has 1 unspecified atom stereocenters. The highest BCUT2D eigenvalue weighted by atomic mass is 32.2. The Labute approximate surface area is 168 Å². The van der Waals surface area contributed by atoms with Crippen LogP contribution >= 0.6 is 11.8 Å². The Kier molecular flexibility index (Phi) is 5.15. The lowest BCUT2D eigenvalue weighted by Crippen LogP contribution is -2.51. The van der Waals surface area contributed by atoms with Gasteiger partial charge in [-0.25, -0.2) is 4.98 Å². The minimum atomic E-state index is -0.753. The van der Waals surface area contributed by atoms with Gasteiger partial charge in [-0.15, -0.1) is 0 Å². The van der Waals surface area contributed by atoms with Gasteiger partial charge in [0.25, 0.3) is 5.56 Å². The van der Waals surface area contributed by atoms with Crippen molar-refractivity contribution in [1.82, 2.24) is 14.9 Å². The van der Waals surface area contributed by atoms with E-state index in [1.54, 1.807) is 10.6 Å². The maximum Gasteiger partial charge on any atom is 0.262 e. The summed E-state index contributed by atoms with van der Waals surface area (Å²) in [5, 5.41) is 13.4. The van der Waals surface area contributed by atoms with E-state index in [-0.39, 0.29) is 17.5 Å². The maximum atomic E-state index is 13.0. The van der Waals surface area contributed by atoms with E-state index < -0.39 is 10.8 Å². The van der Waals surface area contributed by atoms with Gasteiger partial charge in [0.1, 0.15) is 5.54 Å². The molecule has 1 N–H and O–H groups in total. The van der Waals surface area contributed by atoms with Crippen LogP contribution in [0.25, 0.3) is 10.9 Å². The molecule has 6 nitrogen and oxygen atoms in total. The maximum absolute atomic E-state index is 13.0. The second kappa shape index (κ2) is 7.59. The highest BCUT2D eigenvalue weighted by Gasteiger charge is 2.36. The van der Waals surface area contributed by atoms with Gasteiger partial charge in [-0.3, -0.25) is 14.2 Å². The van der Waals surface area contributed by atoms with Crippen LogP contribution in [0.3, 0.4) is 0 Å². The van der Waals surface area contributed by atoms with E-state index in [1.807, 2.05) is 25.1 Å². The van der Waals surface area contributed by atoms with Crippen LogP contribution in [0.1, 0.15) is 57.9 Å². The second-order valence-electron chi connectivity index (χ2n) is 7.82. The molecule has 28 heavy (non-hydrogen) atoms. The summed E-state index contributed by atoms with van der Waals surface area (Å²) in [6, 6.07) is 9.83. The molecule has 2 saturated carbocycles. The summed E-state index contributed by atoms with van der Waals surface area (Å²) >= 11 is 1.30. The molecule has 2 aliphatic carbocycles. The molecule has 1 aromatic heterocycles. The zero-order chi connectivity index (χ0) is 19.7. The van der Waals surface area contributed by atoms with E-state index in [4.69, 9.17) is 0 Å². The summed E-state index contributed by atoms with van der Waals surface area (Å²) < 4.78 is 1.75. The molecule has 1 aromatic carbocycles. The molecule has 1 amide bonds. The van der Waals surface area contributed by atoms with E-state index in [1.165, 1.54) is 11.8 Å². The van der Waals surface area contributed by atoms with Crippen molar-refractivity contribution in [2.45, 2.75) is 73.9 Å². The Bertz CT molecular complexity index is 1000. The molecule has 2 fully saturated rings. The number of thioether (sulfide) groups is 1. The van der Waals surface area contributed by atoms with Crippen molar-refractivity contribution in [2.24, 2.45) is 0 Å².